The fourth-order valence-electron chi connectivity index (χ4n) is 3.31. The summed E-state index contributed by atoms with van der Waals surface area (Å²) in [6, 6.07) is 19.6. The summed E-state index contributed by atoms with van der Waals surface area (Å²) in [7, 11) is 0. The number of ether oxygens (including phenoxy) is 1. The predicted octanol–water partition coefficient (Wildman–Crippen LogP) is 6.56. The second kappa shape index (κ2) is 11.0. The van der Waals surface area contributed by atoms with Crippen LogP contribution in [0.3, 0.4) is 0 Å². The van der Waals surface area contributed by atoms with Gasteiger partial charge in [0.25, 0.3) is 11.1 Å². The number of rotatable bonds is 7. The lowest BCUT2D eigenvalue weighted by Crippen LogP contribution is -2.36. The van der Waals surface area contributed by atoms with Gasteiger partial charge in [-0.15, -0.1) is 0 Å². The number of amides is 3. The van der Waals surface area contributed by atoms with Crippen molar-refractivity contribution >= 4 is 63.8 Å². The van der Waals surface area contributed by atoms with Crippen molar-refractivity contribution in [2.24, 2.45) is 0 Å². The number of anilines is 1. The van der Waals surface area contributed by atoms with Crippen LogP contribution >= 0.6 is 35.0 Å². The van der Waals surface area contributed by atoms with Gasteiger partial charge in [-0.2, -0.15) is 0 Å². The zero-order chi connectivity index (χ0) is 24.9. The molecule has 3 aromatic carbocycles. The molecule has 1 aliphatic rings. The summed E-state index contributed by atoms with van der Waals surface area (Å²) in [6.45, 7) is 1.83. The summed E-state index contributed by atoms with van der Waals surface area (Å²) in [6.07, 6.45) is 1.61. The molecule has 1 fully saturated rings. The van der Waals surface area contributed by atoms with Crippen LogP contribution in [0.25, 0.3) is 6.08 Å². The van der Waals surface area contributed by atoms with Crippen LogP contribution in [0, 0.1) is 6.92 Å². The average molecular weight is 527 g/mol. The molecule has 0 unspecified atom stereocenters. The molecule has 9 heteroatoms. The summed E-state index contributed by atoms with van der Waals surface area (Å²) < 4.78 is 5.77. The van der Waals surface area contributed by atoms with E-state index in [0.29, 0.717) is 21.5 Å². The number of imide groups is 1. The zero-order valence-electron chi connectivity index (χ0n) is 18.6. The van der Waals surface area contributed by atoms with Gasteiger partial charge >= 0.3 is 0 Å². The topological polar surface area (TPSA) is 75.7 Å². The SMILES string of the molecule is Cc1cccc(NC(=O)CN2C(=O)S/C(=C/c3ccc(OCc4ccc(Cl)cc4Cl)cc3)C2=O)c1. The molecule has 0 atom stereocenters. The Hall–Kier alpha value is -3.26. The van der Waals surface area contributed by atoms with Crippen molar-refractivity contribution in [2.45, 2.75) is 13.5 Å². The number of hydrogen-bond donors (Lipinski definition) is 1. The number of benzene rings is 3. The highest BCUT2D eigenvalue weighted by Gasteiger charge is 2.36. The second-order valence-corrected chi connectivity index (χ2v) is 9.62. The van der Waals surface area contributed by atoms with Gasteiger partial charge in [0, 0.05) is 21.3 Å². The summed E-state index contributed by atoms with van der Waals surface area (Å²) >= 11 is 12.9. The minimum Gasteiger partial charge on any atom is -0.489 e. The van der Waals surface area contributed by atoms with E-state index in [-0.39, 0.29) is 18.1 Å². The fourth-order valence-corrected chi connectivity index (χ4v) is 4.62. The zero-order valence-corrected chi connectivity index (χ0v) is 20.9. The number of carbonyl (C=O) groups excluding carboxylic acids is 3. The maximum absolute atomic E-state index is 12.7. The molecule has 0 saturated carbocycles. The number of hydrogen-bond acceptors (Lipinski definition) is 5. The van der Waals surface area contributed by atoms with Gasteiger partial charge in [-0.25, -0.2) is 0 Å². The molecule has 0 bridgehead atoms. The van der Waals surface area contributed by atoms with Gasteiger partial charge < -0.3 is 10.1 Å². The van der Waals surface area contributed by atoms with Gasteiger partial charge in [0.15, 0.2) is 0 Å². The van der Waals surface area contributed by atoms with Crippen LogP contribution in [0.1, 0.15) is 16.7 Å². The van der Waals surface area contributed by atoms with E-state index < -0.39 is 17.1 Å². The molecular weight excluding hydrogens is 507 g/mol. The highest BCUT2D eigenvalue weighted by atomic mass is 35.5. The Morgan fingerprint density at radius 3 is 2.54 bits per heavy atom. The highest BCUT2D eigenvalue weighted by Crippen LogP contribution is 2.32. The third kappa shape index (κ3) is 6.45. The minimum atomic E-state index is -0.503. The summed E-state index contributed by atoms with van der Waals surface area (Å²) in [5.74, 6) is -0.326. The van der Waals surface area contributed by atoms with E-state index in [1.807, 2.05) is 25.1 Å². The maximum Gasteiger partial charge on any atom is 0.294 e. The van der Waals surface area contributed by atoms with E-state index in [2.05, 4.69) is 5.32 Å². The Labute approximate surface area is 216 Å². The molecule has 6 nitrogen and oxygen atoms in total. The Bertz CT molecular complexity index is 1330. The first-order chi connectivity index (χ1) is 16.8. The van der Waals surface area contributed by atoms with Crippen molar-refractivity contribution in [1.82, 2.24) is 4.90 Å². The van der Waals surface area contributed by atoms with Crippen molar-refractivity contribution in [3.8, 4) is 5.75 Å². The molecular formula is C26H20Cl2N2O4S. The van der Waals surface area contributed by atoms with Crippen LogP contribution in [0.5, 0.6) is 5.75 Å². The predicted molar refractivity (Wildman–Crippen MR) is 140 cm³/mol. The Morgan fingerprint density at radius 1 is 1.06 bits per heavy atom. The van der Waals surface area contributed by atoms with Crippen LogP contribution in [-0.2, 0) is 16.2 Å². The van der Waals surface area contributed by atoms with E-state index in [0.717, 1.165) is 33.4 Å². The molecule has 3 aromatic rings. The van der Waals surface area contributed by atoms with Crippen LogP contribution < -0.4 is 10.1 Å². The maximum atomic E-state index is 12.7. The number of carbonyl (C=O) groups is 3. The van der Waals surface area contributed by atoms with E-state index in [4.69, 9.17) is 27.9 Å². The Kier molecular flexibility index (Phi) is 7.80. The third-order valence-corrected chi connectivity index (χ3v) is 6.56. The smallest absolute Gasteiger partial charge is 0.294 e. The standard InChI is InChI=1S/C26H20Cl2N2O4S/c1-16-3-2-4-20(11-16)29-24(31)14-30-25(32)23(35-26(30)33)12-17-5-9-21(10-6-17)34-15-18-7-8-19(27)13-22(18)28/h2-13H,14-15H2,1H3,(H,29,31)/b23-12+. The molecule has 0 spiro atoms. The molecule has 0 aromatic heterocycles. The van der Waals surface area contributed by atoms with Crippen molar-refractivity contribution in [3.05, 3.63) is 98.4 Å². The molecule has 1 aliphatic heterocycles. The molecule has 0 aliphatic carbocycles. The van der Waals surface area contributed by atoms with Crippen LogP contribution in [-0.4, -0.2) is 28.5 Å². The second-order valence-electron chi connectivity index (χ2n) is 7.78. The quantitative estimate of drug-likeness (QED) is 0.353. The van der Waals surface area contributed by atoms with Crippen LogP contribution in [0.2, 0.25) is 10.0 Å². The molecule has 1 N–H and O–H groups in total. The van der Waals surface area contributed by atoms with Crippen molar-refractivity contribution < 1.29 is 19.1 Å². The van der Waals surface area contributed by atoms with Gasteiger partial charge in [-0.05, 0) is 72.3 Å². The fraction of sp³-hybridized carbons (Fsp3) is 0.115. The van der Waals surface area contributed by atoms with E-state index >= 15 is 0 Å². The van der Waals surface area contributed by atoms with E-state index in [1.54, 1.807) is 54.6 Å². The molecule has 1 heterocycles. The number of thioether (sulfide) groups is 1. The van der Waals surface area contributed by atoms with Crippen LogP contribution in [0.4, 0.5) is 10.5 Å². The highest BCUT2D eigenvalue weighted by molar-refractivity contribution is 8.18. The molecule has 1 saturated heterocycles. The number of nitrogens with one attached hydrogen (secondary N) is 1. The van der Waals surface area contributed by atoms with Crippen molar-refractivity contribution in [2.75, 3.05) is 11.9 Å². The first kappa shape index (κ1) is 24.9. The number of nitrogens with zero attached hydrogens (tertiary/aromatic N) is 1. The van der Waals surface area contributed by atoms with Gasteiger partial charge in [0.2, 0.25) is 5.91 Å². The van der Waals surface area contributed by atoms with Gasteiger partial charge in [0.1, 0.15) is 18.9 Å². The van der Waals surface area contributed by atoms with E-state index in [9.17, 15) is 14.4 Å². The van der Waals surface area contributed by atoms with Gasteiger partial charge in [0.05, 0.1) is 4.91 Å². The summed E-state index contributed by atoms with van der Waals surface area (Å²) in [5, 5.41) is 3.30. The monoisotopic (exact) mass is 526 g/mol. The molecule has 3 amide bonds. The summed E-state index contributed by atoms with van der Waals surface area (Å²) in [5.41, 5.74) is 3.12. The lowest BCUT2D eigenvalue weighted by molar-refractivity contribution is -0.127. The molecule has 178 valence electrons. The molecule has 35 heavy (non-hydrogen) atoms. The lowest BCUT2D eigenvalue weighted by Gasteiger charge is -2.12. The van der Waals surface area contributed by atoms with Crippen molar-refractivity contribution in [3.63, 3.8) is 0 Å². The first-order valence-corrected chi connectivity index (χ1v) is 12.1. The third-order valence-electron chi connectivity index (χ3n) is 5.06. The number of aryl methyl sites for hydroxylation is 1. The Morgan fingerprint density at radius 2 is 1.83 bits per heavy atom. The lowest BCUT2D eigenvalue weighted by atomic mass is 10.2. The molecule has 4 rings (SSSR count). The van der Waals surface area contributed by atoms with Crippen molar-refractivity contribution in [1.29, 1.82) is 0 Å². The number of halogens is 2. The van der Waals surface area contributed by atoms with Gasteiger partial charge in [-0.1, -0.05) is 53.5 Å². The average Bonchev–Trinajstić information content (AvgIpc) is 3.07. The van der Waals surface area contributed by atoms with Gasteiger partial charge in [-0.3, -0.25) is 19.3 Å². The molecule has 0 radical (unpaired) electrons. The first-order valence-electron chi connectivity index (χ1n) is 10.6. The largest absolute Gasteiger partial charge is 0.489 e. The Balaban J connectivity index is 1.36. The van der Waals surface area contributed by atoms with Crippen LogP contribution in [0.15, 0.2) is 71.6 Å². The summed E-state index contributed by atoms with van der Waals surface area (Å²) in [4.78, 5) is 38.6. The van der Waals surface area contributed by atoms with E-state index in [1.165, 1.54) is 0 Å². The minimum absolute atomic E-state index is 0.250. The normalized spacial score (nSPS) is 14.5.